The fourth-order valence-electron chi connectivity index (χ4n) is 0. The minimum Gasteiger partial charge on any atom is 0 e. The van der Waals surface area contributed by atoms with E-state index in [-0.39, 0.29) is 93.9 Å². The SMILES string of the molecule is [Co].[Cr].[Fe].[Ni].[Zr]. The summed E-state index contributed by atoms with van der Waals surface area (Å²) in [6, 6.07) is 0. The van der Waals surface area contributed by atoms with Crippen LogP contribution in [0.4, 0.5) is 0 Å². The van der Waals surface area contributed by atoms with Crippen LogP contribution in [0.25, 0.3) is 0 Å². The van der Waals surface area contributed by atoms with Crippen LogP contribution < -0.4 is 0 Å². The zero-order valence-electron chi connectivity index (χ0n) is 1.91. The quantitative estimate of drug-likeness (QED) is 0.552. The Hall–Kier alpha value is 2.94. The standard InChI is InChI=1S/Co.Cr.Fe.Ni.Zr. The summed E-state index contributed by atoms with van der Waals surface area (Å²) < 4.78 is 0. The van der Waals surface area contributed by atoms with Gasteiger partial charge in [0.15, 0.2) is 0 Å². The molecule has 0 aliphatic carbocycles. The van der Waals surface area contributed by atoms with Crippen molar-refractivity contribution < 1.29 is 93.9 Å². The van der Waals surface area contributed by atoms with Crippen LogP contribution in [0.2, 0.25) is 0 Å². The first kappa shape index (κ1) is 44.3. The molecule has 0 rings (SSSR count). The van der Waals surface area contributed by atoms with Gasteiger partial charge < -0.3 is 0 Å². The van der Waals surface area contributed by atoms with Crippen molar-refractivity contribution in [3.63, 3.8) is 0 Å². The largest absolute Gasteiger partial charge is 0 e. The molecule has 0 N–H and O–H groups in total. The Bertz CT molecular complexity index is 11.6. The number of hydrogen-bond donors (Lipinski definition) is 0. The van der Waals surface area contributed by atoms with Crippen LogP contribution in [-0.2, 0) is 93.9 Å². The molecule has 0 amide bonds. The van der Waals surface area contributed by atoms with Gasteiger partial charge in [0, 0.05) is 93.9 Å². The van der Waals surface area contributed by atoms with Crippen LogP contribution >= 0.6 is 0 Å². The maximum Gasteiger partial charge on any atom is 0 e. The Kier molecular flexibility index (Phi) is 251. The second kappa shape index (κ2) is 28.4. The van der Waals surface area contributed by atoms with Crippen LogP contribution in [0.1, 0.15) is 0 Å². The van der Waals surface area contributed by atoms with E-state index in [1.165, 1.54) is 0 Å². The maximum atomic E-state index is 0. The van der Waals surface area contributed by atoms with E-state index in [1.807, 2.05) is 0 Å². The Balaban J connectivity index is 0. The first-order chi connectivity index (χ1) is 0. The summed E-state index contributed by atoms with van der Waals surface area (Å²) in [5.74, 6) is 0. The van der Waals surface area contributed by atoms with Gasteiger partial charge in [-0.05, 0) is 0 Å². The van der Waals surface area contributed by atoms with E-state index in [1.54, 1.807) is 0 Å². The van der Waals surface area contributed by atoms with Crippen molar-refractivity contribution in [1.82, 2.24) is 0 Å². The first-order valence-electron chi connectivity index (χ1n) is 0. The molecule has 0 saturated carbocycles. The van der Waals surface area contributed by atoms with Crippen molar-refractivity contribution in [2.75, 3.05) is 0 Å². The smallest absolute Gasteiger partial charge is 0 e. The first-order valence-corrected chi connectivity index (χ1v) is 0. The predicted octanol–water partition coefficient (Wildman–Crippen LogP) is -0.0125. The average Bonchev–Trinajstić information content (AvgIpc) is 0. The zero-order chi connectivity index (χ0) is 0. The van der Waals surface area contributed by atoms with E-state index in [9.17, 15) is 0 Å². The van der Waals surface area contributed by atoms with Gasteiger partial charge >= 0.3 is 0 Å². The molecule has 0 aromatic rings. The van der Waals surface area contributed by atoms with Crippen LogP contribution in [0, 0.1) is 0 Å². The average molecular weight is 317 g/mol. The zero-order valence-corrected chi connectivity index (χ0v) is 8.78. The van der Waals surface area contributed by atoms with E-state index in [0.29, 0.717) is 0 Å². The second-order valence-electron chi connectivity index (χ2n) is 0. The van der Waals surface area contributed by atoms with Crippen molar-refractivity contribution in [2.45, 2.75) is 0 Å². The molecule has 37 valence electrons. The van der Waals surface area contributed by atoms with Gasteiger partial charge in [-0.3, -0.25) is 0 Å². The third-order valence-corrected chi connectivity index (χ3v) is 0. The van der Waals surface area contributed by atoms with Gasteiger partial charge in [-0.15, -0.1) is 0 Å². The Labute approximate surface area is 92.5 Å². The summed E-state index contributed by atoms with van der Waals surface area (Å²) in [6.45, 7) is 0. The molecule has 0 nitrogen and oxygen atoms in total. The summed E-state index contributed by atoms with van der Waals surface area (Å²) >= 11 is 0. The van der Waals surface area contributed by atoms with E-state index < -0.39 is 0 Å². The molecular formula is CoCrFeNiZr. The molecule has 0 aliphatic rings. The van der Waals surface area contributed by atoms with Gasteiger partial charge in [-0.25, -0.2) is 0 Å². The topological polar surface area (TPSA) is 0 Å². The summed E-state index contributed by atoms with van der Waals surface area (Å²) in [5, 5.41) is 0. The molecule has 5 heteroatoms. The Morgan fingerprint density at radius 1 is 1.00 bits per heavy atom. The monoisotopic (exact) mass is 315 g/mol. The number of rotatable bonds is 0. The van der Waals surface area contributed by atoms with Gasteiger partial charge in [0.05, 0.1) is 0 Å². The molecule has 5 heavy (non-hydrogen) atoms. The number of hydrogen-bond acceptors (Lipinski definition) is 0. The van der Waals surface area contributed by atoms with Crippen molar-refractivity contribution in [1.29, 1.82) is 0 Å². The van der Waals surface area contributed by atoms with Crippen LogP contribution in [-0.4, -0.2) is 0 Å². The molecule has 0 aromatic heterocycles. The van der Waals surface area contributed by atoms with Crippen LogP contribution in [0.3, 0.4) is 0 Å². The minimum absolute atomic E-state index is 0. The molecule has 0 heterocycles. The minimum atomic E-state index is 0. The molecule has 0 unspecified atom stereocenters. The fraction of sp³-hybridized carbons (Fsp3) is 0. The van der Waals surface area contributed by atoms with Crippen LogP contribution in [0.5, 0.6) is 0 Å². The molecule has 0 fully saturated rings. The normalized spacial score (nSPS) is 0. The molecule has 0 atom stereocenters. The van der Waals surface area contributed by atoms with E-state index in [4.69, 9.17) is 0 Å². The summed E-state index contributed by atoms with van der Waals surface area (Å²) in [7, 11) is 0. The maximum absolute atomic E-state index is 0. The molecule has 0 aliphatic heterocycles. The van der Waals surface area contributed by atoms with Gasteiger partial charge in [0.1, 0.15) is 0 Å². The van der Waals surface area contributed by atoms with Gasteiger partial charge in [0.2, 0.25) is 0 Å². The molecule has 0 bridgehead atoms. The molecule has 0 spiro atoms. The third kappa shape index (κ3) is 19.6. The van der Waals surface area contributed by atoms with Crippen LogP contribution in [0.15, 0.2) is 0 Å². The molecule has 0 aromatic carbocycles. The van der Waals surface area contributed by atoms with E-state index in [0.717, 1.165) is 0 Å². The summed E-state index contributed by atoms with van der Waals surface area (Å²) in [4.78, 5) is 0. The molecule has 0 saturated heterocycles. The fourth-order valence-corrected chi connectivity index (χ4v) is 0. The predicted molar refractivity (Wildman–Crippen MR) is 0 cm³/mol. The van der Waals surface area contributed by atoms with Crippen molar-refractivity contribution in [2.24, 2.45) is 0 Å². The second-order valence-corrected chi connectivity index (χ2v) is 0. The van der Waals surface area contributed by atoms with E-state index in [2.05, 4.69) is 0 Å². The van der Waals surface area contributed by atoms with Gasteiger partial charge in [-0.2, -0.15) is 0 Å². The van der Waals surface area contributed by atoms with Crippen molar-refractivity contribution in [3.8, 4) is 0 Å². The van der Waals surface area contributed by atoms with Crippen molar-refractivity contribution >= 4 is 0 Å². The van der Waals surface area contributed by atoms with Gasteiger partial charge in [0.25, 0.3) is 0 Å². The Morgan fingerprint density at radius 3 is 1.00 bits per heavy atom. The van der Waals surface area contributed by atoms with Crippen molar-refractivity contribution in [3.05, 3.63) is 0 Å². The summed E-state index contributed by atoms with van der Waals surface area (Å²) in [5.41, 5.74) is 0. The molecule has 1 radical (unpaired) electrons. The van der Waals surface area contributed by atoms with E-state index >= 15 is 0 Å². The third-order valence-electron chi connectivity index (χ3n) is 0. The van der Waals surface area contributed by atoms with Gasteiger partial charge in [-0.1, -0.05) is 0 Å². The Morgan fingerprint density at radius 2 is 1.00 bits per heavy atom. The summed E-state index contributed by atoms with van der Waals surface area (Å²) in [6.07, 6.45) is 0. The molecular weight excluding hydrogens is 317 g/mol.